The van der Waals surface area contributed by atoms with Crippen molar-refractivity contribution in [2.45, 2.75) is 44.7 Å². The molecule has 1 heterocycles. The van der Waals surface area contributed by atoms with Crippen molar-refractivity contribution >= 4 is 18.3 Å². The number of carbonyl (C=O) groups excluding carboxylic acids is 1. The van der Waals surface area contributed by atoms with Crippen LogP contribution in [0.15, 0.2) is 24.3 Å². The molecule has 3 rings (SSSR count). The molecule has 2 aliphatic rings. The van der Waals surface area contributed by atoms with Gasteiger partial charge in [0.2, 0.25) is 5.91 Å². The van der Waals surface area contributed by atoms with Gasteiger partial charge in [0.15, 0.2) is 0 Å². The molecule has 0 unspecified atom stereocenters. The van der Waals surface area contributed by atoms with E-state index in [4.69, 9.17) is 5.73 Å². The summed E-state index contributed by atoms with van der Waals surface area (Å²) in [5.41, 5.74) is 8.76. The third kappa shape index (κ3) is 3.15. The highest BCUT2D eigenvalue weighted by molar-refractivity contribution is 5.85. The Morgan fingerprint density at radius 2 is 2.00 bits per heavy atom. The maximum absolute atomic E-state index is 12.4. The fraction of sp³-hybridized carbons (Fsp3) is 0.562. The van der Waals surface area contributed by atoms with Gasteiger partial charge in [-0.2, -0.15) is 0 Å². The minimum Gasteiger partial charge on any atom is -0.338 e. The van der Waals surface area contributed by atoms with E-state index < -0.39 is 0 Å². The van der Waals surface area contributed by atoms with Crippen molar-refractivity contribution in [3.63, 3.8) is 0 Å². The van der Waals surface area contributed by atoms with E-state index in [1.807, 2.05) is 4.90 Å². The van der Waals surface area contributed by atoms with Gasteiger partial charge in [-0.25, -0.2) is 0 Å². The first kappa shape index (κ1) is 15.3. The topological polar surface area (TPSA) is 46.3 Å². The lowest BCUT2D eigenvalue weighted by molar-refractivity contribution is -0.133. The Balaban J connectivity index is 0.00000147. The maximum Gasteiger partial charge on any atom is 0.223 e. The van der Waals surface area contributed by atoms with E-state index in [0.717, 1.165) is 32.4 Å². The normalized spacial score (nSPS) is 24.9. The van der Waals surface area contributed by atoms with Crippen LogP contribution in [0, 0.1) is 5.92 Å². The van der Waals surface area contributed by atoms with Gasteiger partial charge >= 0.3 is 0 Å². The summed E-state index contributed by atoms with van der Waals surface area (Å²) in [7, 11) is 0. The second-order valence-corrected chi connectivity index (χ2v) is 5.89. The van der Waals surface area contributed by atoms with Crippen LogP contribution in [0.4, 0.5) is 0 Å². The number of hydrogen-bond acceptors (Lipinski definition) is 2. The first-order valence-corrected chi connectivity index (χ1v) is 7.34. The van der Waals surface area contributed by atoms with Crippen LogP contribution >= 0.6 is 12.4 Å². The van der Waals surface area contributed by atoms with E-state index in [9.17, 15) is 4.79 Å². The van der Waals surface area contributed by atoms with Crippen molar-refractivity contribution in [1.82, 2.24) is 4.90 Å². The lowest BCUT2D eigenvalue weighted by atomic mass is 9.96. The second kappa shape index (κ2) is 6.59. The van der Waals surface area contributed by atoms with Crippen LogP contribution in [0.1, 0.15) is 36.8 Å². The number of hydrogen-bond donors (Lipinski definition) is 1. The van der Waals surface area contributed by atoms with Gasteiger partial charge in [0, 0.05) is 25.6 Å². The number of rotatable bonds is 2. The number of nitrogens with zero attached hydrogens (tertiary/aromatic N) is 1. The number of nitrogens with two attached hydrogens (primary N) is 1. The van der Waals surface area contributed by atoms with Gasteiger partial charge in [-0.1, -0.05) is 30.7 Å². The van der Waals surface area contributed by atoms with Crippen molar-refractivity contribution in [1.29, 1.82) is 0 Å². The van der Waals surface area contributed by atoms with E-state index in [1.165, 1.54) is 17.5 Å². The van der Waals surface area contributed by atoms with E-state index in [0.29, 0.717) is 12.3 Å². The predicted molar refractivity (Wildman–Crippen MR) is 82.7 cm³/mol. The van der Waals surface area contributed by atoms with Gasteiger partial charge in [-0.3, -0.25) is 4.79 Å². The van der Waals surface area contributed by atoms with E-state index in [2.05, 4.69) is 24.3 Å². The Morgan fingerprint density at radius 1 is 1.25 bits per heavy atom. The molecule has 1 aliphatic heterocycles. The fourth-order valence-corrected chi connectivity index (χ4v) is 3.38. The number of fused-ring (bicyclic) bond motifs is 1. The minimum absolute atomic E-state index is 0. The summed E-state index contributed by atoms with van der Waals surface area (Å²) in [6.07, 6.45) is 5.02. The molecular formula is C16H23ClN2O. The van der Waals surface area contributed by atoms with Gasteiger partial charge in [0.1, 0.15) is 0 Å². The quantitative estimate of drug-likeness (QED) is 0.911. The zero-order valence-corrected chi connectivity index (χ0v) is 12.6. The highest BCUT2D eigenvalue weighted by Gasteiger charge is 2.29. The highest BCUT2D eigenvalue weighted by atomic mass is 35.5. The standard InChI is InChI=1S/C16H22N2O.ClH/c17-15-7-3-6-13(15)10-16(19)18-9-8-12-4-1-2-5-14(12)11-18;/h1-2,4-5,13,15H,3,6-11,17H2;1H/t13-,15+;/m0./s1. The SMILES string of the molecule is Cl.N[C@@H]1CCC[C@H]1CC(=O)N1CCc2ccccc2C1. The zero-order valence-electron chi connectivity index (χ0n) is 11.8. The van der Waals surface area contributed by atoms with Crippen LogP contribution in [0.3, 0.4) is 0 Å². The Morgan fingerprint density at radius 3 is 2.70 bits per heavy atom. The summed E-state index contributed by atoms with van der Waals surface area (Å²) in [5.74, 6) is 0.696. The van der Waals surface area contributed by atoms with Gasteiger partial charge < -0.3 is 10.6 Å². The largest absolute Gasteiger partial charge is 0.338 e. The molecule has 4 heteroatoms. The van der Waals surface area contributed by atoms with E-state index >= 15 is 0 Å². The molecule has 1 amide bonds. The van der Waals surface area contributed by atoms with Crippen LogP contribution in [0.5, 0.6) is 0 Å². The van der Waals surface area contributed by atoms with E-state index in [-0.39, 0.29) is 24.4 Å². The zero-order chi connectivity index (χ0) is 13.2. The van der Waals surface area contributed by atoms with Crippen LogP contribution < -0.4 is 5.73 Å². The number of benzene rings is 1. The molecule has 1 saturated carbocycles. The number of carbonyl (C=O) groups is 1. The van der Waals surface area contributed by atoms with Gasteiger partial charge in [-0.15, -0.1) is 12.4 Å². The Hall–Kier alpha value is -1.06. The van der Waals surface area contributed by atoms with Crippen LogP contribution in [-0.2, 0) is 17.8 Å². The van der Waals surface area contributed by atoms with E-state index in [1.54, 1.807) is 0 Å². The lowest BCUT2D eigenvalue weighted by Crippen LogP contribution is -2.38. The molecule has 2 N–H and O–H groups in total. The average molecular weight is 295 g/mol. The first-order chi connectivity index (χ1) is 9.24. The van der Waals surface area contributed by atoms with Crippen molar-refractivity contribution in [2.75, 3.05) is 6.54 Å². The molecule has 0 bridgehead atoms. The number of halogens is 1. The molecular weight excluding hydrogens is 272 g/mol. The van der Waals surface area contributed by atoms with Crippen molar-refractivity contribution < 1.29 is 4.79 Å². The van der Waals surface area contributed by atoms with Crippen LogP contribution in [0.2, 0.25) is 0 Å². The van der Waals surface area contributed by atoms with Crippen molar-refractivity contribution in [2.24, 2.45) is 11.7 Å². The number of amides is 1. The summed E-state index contributed by atoms with van der Waals surface area (Å²) in [6.45, 7) is 1.63. The molecule has 0 radical (unpaired) electrons. The van der Waals surface area contributed by atoms with Gasteiger partial charge in [0.25, 0.3) is 0 Å². The maximum atomic E-state index is 12.4. The minimum atomic E-state index is 0. The summed E-state index contributed by atoms with van der Waals surface area (Å²) >= 11 is 0. The molecule has 1 aromatic rings. The third-order valence-electron chi connectivity index (χ3n) is 4.64. The summed E-state index contributed by atoms with van der Waals surface area (Å²) < 4.78 is 0. The van der Waals surface area contributed by atoms with Gasteiger partial charge in [-0.05, 0) is 36.3 Å². The molecule has 0 saturated heterocycles. The predicted octanol–water partition coefficient (Wildman–Crippen LogP) is 2.51. The monoisotopic (exact) mass is 294 g/mol. The lowest BCUT2D eigenvalue weighted by Gasteiger charge is -2.30. The molecule has 1 fully saturated rings. The Kier molecular flexibility index (Phi) is 5.06. The Labute approximate surface area is 126 Å². The highest BCUT2D eigenvalue weighted by Crippen LogP contribution is 2.28. The Bertz CT molecular complexity index is 477. The van der Waals surface area contributed by atoms with Gasteiger partial charge in [0.05, 0.1) is 0 Å². The molecule has 2 atom stereocenters. The molecule has 0 aromatic heterocycles. The smallest absolute Gasteiger partial charge is 0.223 e. The van der Waals surface area contributed by atoms with Crippen molar-refractivity contribution in [3.05, 3.63) is 35.4 Å². The summed E-state index contributed by atoms with van der Waals surface area (Å²) in [5, 5.41) is 0. The van der Waals surface area contributed by atoms with Crippen LogP contribution in [0.25, 0.3) is 0 Å². The van der Waals surface area contributed by atoms with Crippen LogP contribution in [-0.4, -0.2) is 23.4 Å². The third-order valence-corrected chi connectivity index (χ3v) is 4.64. The molecule has 1 aliphatic carbocycles. The summed E-state index contributed by atoms with van der Waals surface area (Å²) in [6, 6.07) is 8.68. The molecule has 0 spiro atoms. The first-order valence-electron chi connectivity index (χ1n) is 7.34. The second-order valence-electron chi connectivity index (χ2n) is 5.89. The molecule has 1 aromatic carbocycles. The fourth-order valence-electron chi connectivity index (χ4n) is 3.38. The summed E-state index contributed by atoms with van der Waals surface area (Å²) in [4.78, 5) is 14.4. The average Bonchev–Trinajstić information content (AvgIpc) is 2.84. The molecule has 20 heavy (non-hydrogen) atoms. The van der Waals surface area contributed by atoms with Crippen molar-refractivity contribution in [3.8, 4) is 0 Å². The molecule has 110 valence electrons. The molecule has 3 nitrogen and oxygen atoms in total.